The van der Waals surface area contributed by atoms with Crippen molar-refractivity contribution in [1.82, 2.24) is 0 Å². The number of carbonyl (C=O) groups is 1. The summed E-state index contributed by atoms with van der Waals surface area (Å²) in [5.41, 5.74) is 0. The maximum atomic E-state index is 10.1. The van der Waals surface area contributed by atoms with Gasteiger partial charge in [0.05, 0.1) is 6.10 Å². The van der Waals surface area contributed by atoms with E-state index in [0.717, 1.165) is 19.1 Å². The van der Waals surface area contributed by atoms with Crippen LogP contribution in [0.4, 0.5) is 0 Å². The van der Waals surface area contributed by atoms with E-state index in [0.29, 0.717) is 11.8 Å². The lowest BCUT2D eigenvalue weighted by Gasteiger charge is -2.19. The molecule has 0 aliphatic rings. The van der Waals surface area contributed by atoms with Crippen LogP contribution in [-0.2, 0) is 4.79 Å². The quantitative estimate of drug-likeness (QED) is 0.620. The smallest absolute Gasteiger partial charge is 0.122 e. The lowest BCUT2D eigenvalue weighted by molar-refractivity contribution is -0.109. The van der Waals surface area contributed by atoms with Gasteiger partial charge in [-0.25, -0.2) is 0 Å². The SMILES string of the molecule is CCC(C)C(C)CCC(O)CC=O. The van der Waals surface area contributed by atoms with Crippen molar-refractivity contribution < 1.29 is 9.90 Å². The second-order valence-electron chi connectivity index (χ2n) is 4.00. The van der Waals surface area contributed by atoms with Gasteiger partial charge in [-0.05, 0) is 24.7 Å². The van der Waals surface area contributed by atoms with Gasteiger partial charge in [0.15, 0.2) is 0 Å². The molecule has 0 saturated carbocycles. The molecule has 0 aromatic carbocycles. The Morgan fingerprint density at radius 3 is 2.31 bits per heavy atom. The average Bonchev–Trinajstić information content (AvgIpc) is 2.13. The maximum absolute atomic E-state index is 10.1. The van der Waals surface area contributed by atoms with Gasteiger partial charge < -0.3 is 9.90 Å². The predicted octanol–water partition coefficient (Wildman–Crippen LogP) is 2.40. The zero-order valence-corrected chi connectivity index (χ0v) is 8.99. The first kappa shape index (κ1) is 12.6. The molecule has 3 atom stereocenters. The molecule has 1 N–H and O–H groups in total. The van der Waals surface area contributed by atoms with Crippen molar-refractivity contribution in [2.75, 3.05) is 0 Å². The van der Waals surface area contributed by atoms with Crippen LogP contribution in [0.5, 0.6) is 0 Å². The largest absolute Gasteiger partial charge is 0.393 e. The van der Waals surface area contributed by atoms with E-state index in [1.807, 2.05) is 0 Å². The Morgan fingerprint density at radius 2 is 1.85 bits per heavy atom. The second-order valence-corrected chi connectivity index (χ2v) is 4.00. The molecule has 0 heterocycles. The van der Waals surface area contributed by atoms with Crippen LogP contribution in [0, 0.1) is 11.8 Å². The van der Waals surface area contributed by atoms with E-state index in [1.54, 1.807) is 0 Å². The lowest BCUT2D eigenvalue weighted by atomic mass is 9.88. The monoisotopic (exact) mass is 186 g/mol. The van der Waals surface area contributed by atoms with Crippen LogP contribution in [0.25, 0.3) is 0 Å². The van der Waals surface area contributed by atoms with E-state index in [1.165, 1.54) is 6.42 Å². The summed E-state index contributed by atoms with van der Waals surface area (Å²) in [6.07, 6.45) is 3.61. The fourth-order valence-corrected chi connectivity index (χ4v) is 1.37. The predicted molar refractivity (Wildman–Crippen MR) is 54.5 cm³/mol. The fraction of sp³-hybridized carbons (Fsp3) is 0.909. The number of hydrogen-bond donors (Lipinski definition) is 1. The molecule has 0 rings (SSSR count). The van der Waals surface area contributed by atoms with E-state index in [-0.39, 0.29) is 6.42 Å². The van der Waals surface area contributed by atoms with Crippen LogP contribution in [0.2, 0.25) is 0 Å². The molecule has 0 aromatic rings. The third-order valence-corrected chi connectivity index (χ3v) is 2.94. The van der Waals surface area contributed by atoms with Gasteiger partial charge in [-0.3, -0.25) is 0 Å². The number of aliphatic hydroxyl groups is 1. The summed E-state index contributed by atoms with van der Waals surface area (Å²) in [7, 11) is 0. The van der Waals surface area contributed by atoms with Gasteiger partial charge in [-0.2, -0.15) is 0 Å². The number of aliphatic hydroxyl groups excluding tert-OH is 1. The standard InChI is InChI=1S/C11H22O2/c1-4-9(2)10(3)5-6-11(13)7-8-12/h8-11,13H,4-7H2,1-3H3. The third kappa shape index (κ3) is 5.81. The van der Waals surface area contributed by atoms with E-state index < -0.39 is 6.10 Å². The Bertz CT molecular complexity index is 134. The molecule has 0 radical (unpaired) electrons. The summed E-state index contributed by atoms with van der Waals surface area (Å²) in [5, 5.41) is 9.32. The van der Waals surface area contributed by atoms with E-state index in [4.69, 9.17) is 0 Å². The van der Waals surface area contributed by atoms with Gasteiger partial charge in [-0.15, -0.1) is 0 Å². The molecule has 0 bridgehead atoms. The van der Waals surface area contributed by atoms with Gasteiger partial charge in [-0.1, -0.05) is 27.2 Å². The Morgan fingerprint density at radius 1 is 1.23 bits per heavy atom. The van der Waals surface area contributed by atoms with Crippen LogP contribution in [-0.4, -0.2) is 17.5 Å². The highest BCUT2D eigenvalue weighted by atomic mass is 16.3. The molecular formula is C11H22O2. The number of rotatable bonds is 7. The van der Waals surface area contributed by atoms with E-state index in [2.05, 4.69) is 20.8 Å². The van der Waals surface area contributed by atoms with Crippen molar-refractivity contribution in [2.24, 2.45) is 11.8 Å². The van der Waals surface area contributed by atoms with Gasteiger partial charge in [0.25, 0.3) is 0 Å². The second kappa shape index (κ2) is 7.07. The first-order valence-electron chi connectivity index (χ1n) is 5.23. The van der Waals surface area contributed by atoms with E-state index >= 15 is 0 Å². The molecule has 13 heavy (non-hydrogen) atoms. The minimum absolute atomic E-state index is 0.285. The molecule has 78 valence electrons. The summed E-state index contributed by atoms with van der Waals surface area (Å²) in [6, 6.07) is 0. The van der Waals surface area contributed by atoms with Crippen molar-refractivity contribution in [3.63, 3.8) is 0 Å². The zero-order valence-electron chi connectivity index (χ0n) is 8.99. The Hall–Kier alpha value is -0.370. The molecule has 0 spiro atoms. The molecule has 2 nitrogen and oxygen atoms in total. The minimum Gasteiger partial charge on any atom is -0.393 e. The Labute approximate surface area is 81.3 Å². The number of aldehydes is 1. The van der Waals surface area contributed by atoms with Crippen molar-refractivity contribution >= 4 is 6.29 Å². The van der Waals surface area contributed by atoms with Crippen molar-refractivity contribution in [2.45, 2.75) is 52.6 Å². The van der Waals surface area contributed by atoms with Crippen molar-refractivity contribution in [3.8, 4) is 0 Å². The van der Waals surface area contributed by atoms with Crippen LogP contribution in [0.3, 0.4) is 0 Å². The van der Waals surface area contributed by atoms with Crippen LogP contribution < -0.4 is 0 Å². The summed E-state index contributed by atoms with van der Waals surface area (Å²) < 4.78 is 0. The lowest BCUT2D eigenvalue weighted by Crippen LogP contribution is -2.13. The average molecular weight is 186 g/mol. The molecular weight excluding hydrogens is 164 g/mol. The third-order valence-electron chi connectivity index (χ3n) is 2.94. The fourth-order valence-electron chi connectivity index (χ4n) is 1.37. The summed E-state index contributed by atoms with van der Waals surface area (Å²) >= 11 is 0. The van der Waals surface area contributed by atoms with Gasteiger partial charge in [0.1, 0.15) is 6.29 Å². The summed E-state index contributed by atoms with van der Waals surface area (Å²) in [6.45, 7) is 6.63. The topological polar surface area (TPSA) is 37.3 Å². The van der Waals surface area contributed by atoms with Crippen molar-refractivity contribution in [1.29, 1.82) is 0 Å². The van der Waals surface area contributed by atoms with Gasteiger partial charge in [0.2, 0.25) is 0 Å². The molecule has 0 amide bonds. The molecule has 0 aliphatic carbocycles. The molecule has 2 heteroatoms. The maximum Gasteiger partial charge on any atom is 0.122 e. The highest BCUT2D eigenvalue weighted by Gasteiger charge is 2.12. The number of carbonyl (C=O) groups excluding carboxylic acids is 1. The van der Waals surface area contributed by atoms with Crippen LogP contribution in [0.1, 0.15) is 46.5 Å². The number of hydrogen-bond acceptors (Lipinski definition) is 2. The summed E-state index contributed by atoms with van der Waals surface area (Å²) in [4.78, 5) is 10.1. The Balaban J connectivity index is 3.56. The molecule has 0 saturated heterocycles. The molecule has 0 aliphatic heterocycles. The highest BCUT2D eigenvalue weighted by Crippen LogP contribution is 2.20. The van der Waals surface area contributed by atoms with Crippen LogP contribution in [0.15, 0.2) is 0 Å². The van der Waals surface area contributed by atoms with Gasteiger partial charge >= 0.3 is 0 Å². The first-order valence-corrected chi connectivity index (χ1v) is 5.23. The summed E-state index contributed by atoms with van der Waals surface area (Å²) in [5.74, 6) is 1.36. The molecule has 0 fully saturated rings. The highest BCUT2D eigenvalue weighted by molar-refractivity contribution is 5.49. The molecule has 3 unspecified atom stereocenters. The van der Waals surface area contributed by atoms with Crippen LogP contribution >= 0.6 is 0 Å². The normalized spacial score (nSPS) is 17.8. The van der Waals surface area contributed by atoms with Gasteiger partial charge in [0, 0.05) is 6.42 Å². The first-order chi connectivity index (χ1) is 6.11. The minimum atomic E-state index is -0.427. The Kier molecular flexibility index (Phi) is 6.87. The van der Waals surface area contributed by atoms with E-state index in [9.17, 15) is 9.90 Å². The van der Waals surface area contributed by atoms with Crippen molar-refractivity contribution in [3.05, 3.63) is 0 Å². The zero-order chi connectivity index (χ0) is 10.3. The molecule has 0 aromatic heterocycles.